The number of aromatic amines is 1. The lowest BCUT2D eigenvalue weighted by atomic mass is 10.0. The van der Waals surface area contributed by atoms with Crippen molar-refractivity contribution in [3.63, 3.8) is 0 Å². The predicted molar refractivity (Wildman–Crippen MR) is 84.6 cm³/mol. The van der Waals surface area contributed by atoms with Gasteiger partial charge in [-0.05, 0) is 29.7 Å². The zero-order chi connectivity index (χ0) is 14.8. The highest BCUT2D eigenvalue weighted by molar-refractivity contribution is 6.12. The molecule has 4 nitrogen and oxygen atoms in total. The number of carbonyl (C=O) groups excluding carboxylic acids is 1. The van der Waals surface area contributed by atoms with Crippen molar-refractivity contribution >= 4 is 22.5 Å². The van der Waals surface area contributed by atoms with Crippen LogP contribution in [-0.4, -0.2) is 16.1 Å². The molecule has 0 unspecified atom stereocenters. The van der Waals surface area contributed by atoms with Crippen LogP contribution in [0.4, 0.5) is 5.69 Å². The lowest BCUT2D eigenvalue weighted by molar-refractivity contribution is 0.102. The molecular formula is C17H17N3O. The van der Waals surface area contributed by atoms with Crippen LogP contribution in [0, 0.1) is 0 Å². The Bertz CT molecular complexity index is 789. The molecule has 3 rings (SSSR count). The Kier molecular flexibility index (Phi) is 3.44. The highest BCUT2D eigenvalue weighted by Crippen LogP contribution is 2.25. The first kappa shape index (κ1) is 13.4. The molecule has 1 heterocycles. The van der Waals surface area contributed by atoms with Crippen molar-refractivity contribution in [2.75, 3.05) is 5.32 Å². The standard InChI is InChI=1S/C17H17N3O/c1-11(2)12-6-3-4-8-15(12)19-17(21)13-7-5-9-16-14(13)10-18-20-16/h3-11H,1-2H3,(H,18,20)(H,19,21). The van der Waals surface area contributed by atoms with Crippen LogP contribution >= 0.6 is 0 Å². The molecule has 0 saturated heterocycles. The van der Waals surface area contributed by atoms with Crippen LogP contribution < -0.4 is 5.32 Å². The van der Waals surface area contributed by atoms with E-state index in [2.05, 4.69) is 29.4 Å². The molecule has 0 radical (unpaired) electrons. The molecule has 0 aliphatic rings. The van der Waals surface area contributed by atoms with Gasteiger partial charge in [-0.2, -0.15) is 5.10 Å². The summed E-state index contributed by atoms with van der Waals surface area (Å²) in [5.74, 6) is 0.237. The molecular weight excluding hydrogens is 262 g/mol. The van der Waals surface area contributed by atoms with Crippen molar-refractivity contribution in [1.82, 2.24) is 10.2 Å². The maximum atomic E-state index is 12.5. The van der Waals surface area contributed by atoms with Crippen LogP contribution in [0.2, 0.25) is 0 Å². The number of anilines is 1. The van der Waals surface area contributed by atoms with Crippen LogP contribution in [0.1, 0.15) is 35.7 Å². The highest BCUT2D eigenvalue weighted by Gasteiger charge is 2.13. The number of benzene rings is 2. The Labute approximate surface area is 123 Å². The molecule has 4 heteroatoms. The van der Waals surface area contributed by atoms with E-state index in [9.17, 15) is 4.79 Å². The minimum atomic E-state index is -0.116. The summed E-state index contributed by atoms with van der Waals surface area (Å²) >= 11 is 0. The van der Waals surface area contributed by atoms with E-state index in [4.69, 9.17) is 0 Å². The first-order valence-corrected chi connectivity index (χ1v) is 6.99. The van der Waals surface area contributed by atoms with Gasteiger partial charge < -0.3 is 5.32 Å². The summed E-state index contributed by atoms with van der Waals surface area (Å²) in [4.78, 5) is 12.5. The molecule has 0 fully saturated rings. The van der Waals surface area contributed by atoms with Gasteiger partial charge in [0.05, 0.1) is 17.3 Å². The monoisotopic (exact) mass is 279 g/mol. The molecule has 0 spiro atoms. The molecule has 0 aliphatic heterocycles. The zero-order valence-corrected chi connectivity index (χ0v) is 12.1. The zero-order valence-electron chi connectivity index (χ0n) is 12.1. The molecule has 0 atom stereocenters. The van der Waals surface area contributed by atoms with E-state index in [1.54, 1.807) is 6.20 Å². The Morgan fingerprint density at radius 1 is 1.14 bits per heavy atom. The summed E-state index contributed by atoms with van der Waals surface area (Å²) in [6.07, 6.45) is 1.68. The Morgan fingerprint density at radius 2 is 1.95 bits per heavy atom. The van der Waals surface area contributed by atoms with Crippen LogP contribution in [0.5, 0.6) is 0 Å². The normalized spacial score (nSPS) is 11.0. The van der Waals surface area contributed by atoms with Gasteiger partial charge >= 0.3 is 0 Å². The third-order valence-corrected chi connectivity index (χ3v) is 3.56. The molecule has 3 aromatic rings. The van der Waals surface area contributed by atoms with E-state index in [1.807, 2.05) is 42.5 Å². The van der Waals surface area contributed by atoms with E-state index in [0.717, 1.165) is 22.2 Å². The first-order valence-electron chi connectivity index (χ1n) is 6.99. The van der Waals surface area contributed by atoms with Gasteiger partial charge in [0.2, 0.25) is 0 Å². The summed E-state index contributed by atoms with van der Waals surface area (Å²) in [6, 6.07) is 13.5. The van der Waals surface area contributed by atoms with Gasteiger partial charge in [0.15, 0.2) is 0 Å². The van der Waals surface area contributed by atoms with Gasteiger partial charge in [-0.1, -0.05) is 38.1 Å². The van der Waals surface area contributed by atoms with Crippen LogP contribution in [0.25, 0.3) is 10.9 Å². The maximum Gasteiger partial charge on any atom is 0.256 e. The lowest BCUT2D eigenvalue weighted by Crippen LogP contribution is -2.13. The Morgan fingerprint density at radius 3 is 2.76 bits per heavy atom. The fourth-order valence-corrected chi connectivity index (χ4v) is 2.47. The van der Waals surface area contributed by atoms with E-state index in [-0.39, 0.29) is 5.91 Å². The molecule has 2 N–H and O–H groups in total. The van der Waals surface area contributed by atoms with E-state index >= 15 is 0 Å². The summed E-state index contributed by atoms with van der Waals surface area (Å²) in [6.45, 7) is 4.23. The van der Waals surface area contributed by atoms with Gasteiger partial charge in [-0.3, -0.25) is 9.89 Å². The predicted octanol–water partition coefficient (Wildman–Crippen LogP) is 3.94. The molecule has 1 amide bonds. The second kappa shape index (κ2) is 5.40. The van der Waals surface area contributed by atoms with E-state index in [0.29, 0.717) is 11.5 Å². The molecule has 0 saturated carbocycles. The van der Waals surface area contributed by atoms with Gasteiger partial charge in [-0.25, -0.2) is 0 Å². The minimum absolute atomic E-state index is 0.116. The van der Waals surface area contributed by atoms with Gasteiger partial charge in [0, 0.05) is 11.1 Å². The number of carbonyl (C=O) groups is 1. The Hall–Kier alpha value is -2.62. The van der Waals surface area contributed by atoms with Crippen molar-refractivity contribution < 1.29 is 4.79 Å². The lowest BCUT2D eigenvalue weighted by Gasteiger charge is -2.13. The quantitative estimate of drug-likeness (QED) is 0.763. The number of aromatic nitrogens is 2. The number of rotatable bonds is 3. The minimum Gasteiger partial charge on any atom is -0.322 e. The van der Waals surface area contributed by atoms with E-state index in [1.165, 1.54) is 0 Å². The highest BCUT2D eigenvalue weighted by atomic mass is 16.1. The number of nitrogens with zero attached hydrogens (tertiary/aromatic N) is 1. The molecule has 2 aromatic carbocycles. The van der Waals surface area contributed by atoms with Crippen LogP contribution in [-0.2, 0) is 0 Å². The third-order valence-electron chi connectivity index (χ3n) is 3.56. The van der Waals surface area contributed by atoms with Crippen LogP contribution in [0.15, 0.2) is 48.7 Å². The van der Waals surface area contributed by atoms with Crippen LogP contribution in [0.3, 0.4) is 0 Å². The van der Waals surface area contributed by atoms with Crippen molar-refractivity contribution in [2.45, 2.75) is 19.8 Å². The number of para-hydroxylation sites is 1. The van der Waals surface area contributed by atoms with E-state index < -0.39 is 0 Å². The average Bonchev–Trinajstić information content (AvgIpc) is 2.95. The summed E-state index contributed by atoms with van der Waals surface area (Å²) < 4.78 is 0. The summed E-state index contributed by atoms with van der Waals surface area (Å²) in [5.41, 5.74) is 3.47. The maximum absolute atomic E-state index is 12.5. The fourth-order valence-electron chi connectivity index (χ4n) is 2.47. The fraction of sp³-hybridized carbons (Fsp3) is 0.176. The average molecular weight is 279 g/mol. The number of H-pyrrole nitrogens is 1. The number of hydrogen-bond donors (Lipinski definition) is 2. The number of hydrogen-bond acceptors (Lipinski definition) is 2. The molecule has 1 aromatic heterocycles. The first-order chi connectivity index (χ1) is 10.2. The summed E-state index contributed by atoms with van der Waals surface area (Å²) in [5, 5.41) is 10.7. The second-order valence-corrected chi connectivity index (χ2v) is 5.33. The topological polar surface area (TPSA) is 57.8 Å². The number of nitrogens with one attached hydrogen (secondary N) is 2. The second-order valence-electron chi connectivity index (χ2n) is 5.33. The molecule has 0 bridgehead atoms. The largest absolute Gasteiger partial charge is 0.322 e. The van der Waals surface area contributed by atoms with Gasteiger partial charge in [-0.15, -0.1) is 0 Å². The molecule has 0 aliphatic carbocycles. The number of fused-ring (bicyclic) bond motifs is 1. The molecule has 21 heavy (non-hydrogen) atoms. The number of amides is 1. The Balaban J connectivity index is 1.96. The summed E-state index contributed by atoms with van der Waals surface area (Å²) in [7, 11) is 0. The van der Waals surface area contributed by atoms with Gasteiger partial charge in [0.1, 0.15) is 0 Å². The van der Waals surface area contributed by atoms with Crippen molar-refractivity contribution in [3.8, 4) is 0 Å². The van der Waals surface area contributed by atoms with Crippen molar-refractivity contribution in [1.29, 1.82) is 0 Å². The third kappa shape index (κ3) is 2.52. The SMILES string of the molecule is CC(C)c1ccccc1NC(=O)c1cccc2[nH]ncc12. The smallest absolute Gasteiger partial charge is 0.256 e. The van der Waals surface area contributed by atoms with Crippen molar-refractivity contribution in [3.05, 3.63) is 59.8 Å². The van der Waals surface area contributed by atoms with Gasteiger partial charge in [0.25, 0.3) is 5.91 Å². The van der Waals surface area contributed by atoms with Crippen molar-refractivity contribution in [2.24, 2.45) is 0 Å². The molecule has 106 valence electrons.